The molecule has 3 aliphatic rings. The molecule has 0 aromatic rings. The zero-order valence-corrected chi connectivity index (χ0v) is 11.6. The highest BCUT2D eigenvalue weighted by atomic mass is 16.5. The molecule has 2 saturated heterocycles. The number of allylic oxidation sites excluding steroid dienone is 1. The van der Waals surface area contributed by atoms with Gasteiger partial charge >= 0.3 is 6.03 Å². The van der Waals surface area contributed by atoms with E-state index in [0.29, 0.717) is 25.3 Å². The van der Waals surface area contributed by atoms with Crippen molar-refractivity contribution in [2.24, 2.45) is 0 Å². The maximum Gasteiger partial charge on any atom is 0.320 e. The number of ether oxygens (including phenoxy) is 1. The van der Waals surface area contributed by atoms with E-state index in [1.54, 1.807) is 0 Å². The fourth-order valence-corrected chi connectivity index (χ4v) is 3.48. The van der Waals surface area contributed by atoms with E-state index in [1.807, 2.05) is 11.0 Å². The zero-order valence-electron chi connectivity index (χ0n) is 11.6. The van der Waals surface area contributed by atoms with Crippen LogP contribution in [-0.2, 0) is 4.74 Å². The SMILES string of the molecule is C=CC1=C(C)CN(C(=O)N2C3CCC2COC3)CC1. The highest BCUT2D eigenvalue weighted by Gasteiger charge is 2.42. The molecular weight excluding hydrogens is 240 g/mol. The van der Waals surface area contributed by atoms with E-state index in [-0.39, 0.29) is 6.03 Å². The normalized spacial score (nSPS) is 30.8. The molecule has 2 bridgehead atoms. The first kappa shape index (κ1) is 12.7. The highest BCUT2D eigenvalue weighted by Crippen LogP contribution is 2.31. The van der Waals surface area contributed by atoms with Crippen molar-refractivity contribution in [2.75, 3.05) is 26.3 Å². The number of rotatable bonds is 1. The Kier molecular flexibility index (Phi) is 3.35. The van der Waals surface area contributed by atoms with Crippen LogP contribution in [0.5, 0.6) is 0 Å². The Labute approximate surface area is 114 Å². The molecule has 3 rings (SSSR count). The average Bonchev–Trinajstić information content (AvgIpc) is 2.67. The monoisotopic (exact) mass is 262 g/mol. The van der Waals surface area contributed by atoms with Crippen molar-refractivity contribution in [2.45, 2.75) is 38.3 Å². The minimum Gasteiger partial charge on any atom is -0.377 e. The second kappa shape index (κ2) is 5.00. The van der Waals surface area contributed by atoms with Crippen LogP contribution in [0, 0.1) is 0 Å². The van der Waals surface area contributed by atoms with Crippen LogP contribution >= 0.6 is 0 Å². The predicted molar refractivity (Wildman–Crippen MR) is 74.0 cm³/mol. The van der Waals surface area contributed by atoms with Gasteiger partial charge in [0.1, 0.15) is 0 Å². The number of nitrogens with zero attached hydrogens (tertiary/aromatic N) is 2. The molecule has 0 N–H and O–H groups in total. The molecule has 4 nitrogen and oxygen atoms in total. The van der Waals surface area contributed by atoms with Gasteiger partial charge in [0, 0.05) is 13.1 Å². The van der Waals surface area contributed by atoms with Crippen LogP contribution in [0.3, 0.4) is 0 Å². The van der Waals surface area contributed by atoms with Gasteiger partial charge in [0.15, 0.2) is 0 Å². The Morgan fingerprint density at radius 1 is 1.37 bits per heavy atom. The molecule has 2 fully saturated rings. The van der Waals surface area contributed by atoms with E-state index in [0.717, 1.165) is 32.4 Å². The number of carbonyl (C=O) groups is 1. The third-order valence-electron chi connectivity index (χ3n) is 4.61. The summed E-state index contributed by atoms with van der Waals surface area (Å²) in [6.45, 7) is 8.92. The van der Waals surface area contributed by atoms with Crippen molar-refractivity contribution in [3.63, 3.8) is 0 Å². The molecule has 0 aromatic heterocycles. The second-order valence-electron chi connectivity index (χ2n) is 5.79. The average molecular weight is 262 g/mol. The minimum atomic E-state index is 0.207. The number of hydrogen-bond acceptors (Lipinski definition) is 2. The van der Waals surface area contributed by atoms with Crippen molar-refractivity contribution in [3.05, 3.63) is 23.8 Å². The number of fused-ring (bicyclic) bond motifs is 2. The summed E-state index contributed by atoms with van der Waals surface area (Å²) in [5, 5.41) is 0. The first-order valence-electron chi connectivity index (χ1n) is 7.16. The minimum absolute atomic E-state index is 0.207. The van der Waals surface area contributed by atoms with Crippen LogP contribution in [0.4, 0.5) is 4.79 Å². The van der Waals surface area contributed by atoms with Gasteiger partial charge in [-0.3, -0.25) is 0 Å². The van der Waals surface area contributed by atoms with Crippen molar-refractivity contribution in [1.29, 1.82) is 0 Å². The summed E-state index contributed by atoms with van der Waals surface area (Å²) in [7, 11) is 0. The summed E-state index contributed by atoms with van der Waals surface area (Å²) in [5.74, 6) is 0. The van der Waals surface area contributed by atoms with Crippen molar-refractivity contribution in [3.8, 4) is 0 Å². The molecule has 104 valence electrons. The maximum absolute atomic E-state index is 12.7. The molecule has 3 aliphatic heterocycles. The smallest absolute Gasteiger partial charge is 0.320 e. The number of hydrogen-bond donors (Lipinski definition) is 0. The summed E-state index contributed by atoms with van der Waals surface area (Å²) in [6.07, 6.45) is 5.05. The molecule has 0 radical (unpaired) electrons. The van der Waals surface area contributed by atoms with Crippen LogP contribution in [0.25, 0.3) is 0 Å². The van der Waals surface area contributed by atoms with Crippen LogP contribution < -0.4 is 0 Å². The van der Waals surface area contributed by atoms with Gasteiger partial charge in [0.25, 0.3) is 0 Å². The van der Waals surface area contributed by atoms with Gasteiger partial charge in [0.05, 0.1) is 25.3 Å². The Balaban J connectivity index is 1.72. The maximum atomic E-state index is 12.7. The summed E-state index contributed by atoms with van der Waals surface area (Å²) in [5.41, 5.74) is 2.57. The van der Waals surface area contributed by atoms with Crippen molar-refractivity contribution in [1.82, 2.24) is 9.80 Å². The molecule has 0 aromatic carbocycles. The molecule has 0 aliphatic carbocycles. The largest absolute Gasteiger partial charge is 0.377 e. The Hall–Kier alpha value is -1.29. The van der Waals surface area contributed by atoms with Crippen LogP contribution in [0.15, 0.2) is 23.8 Å². The molecule has 3 heterocycles. The Morgan fingerprint density at radius 3 is 2.63 bits per heavy atom. The predicted octanol–water partition coefficient (Wildman–Crippen LogP) is 2.18. The molecule has 2 amide bonds. The number of urea groups is 1. The van der Waals surface area contributed by atoms with E-state index in [4.69, 9.17) is 4.74 Å². The fourth-order valence-electron chi connectivity index (χ4n) is 3.48. The third-order valence-corrected chi connectivity index (χ3v) is 4.61. The summed E-state index contributed by atoms with van der Waals surface area (Å²) < 4.78 is 5.54. The Morgan fingerprint density at radius 2 is 2.05 bits per heavy atom. The molecule has 4 heteroatoms. The number of amides is 2. The van der Waals surface area contributed by atoms with Gasteiger partial charge in [-0.25, -0.2) is 4.79 Å². The zero-order chi connectivity index (χ0) is 13.4. The van der Waals surface area contributed by atoms with E-state index in [9.17, 15) is 4.79 Å². The highest BCUT2D eigenvalue weighted by molar-refractivity contribution is 5.76. The van der Waals surface area contributed by atoms with Gasteiger partial charge in [-0.15, -0.1) is 0 Å². The molecular formula is C15H22N2O2. The van der Waals surface area contributed by atoms with Gasteiger partial charge in [0.2, 0.25) is 0 Å². The first-order chi connectivity index (χ1) is 9.20. The first-order valence-corrected chi connectivity index (χ1v) is 7.16. The third kappa shape index (κ3) is 2.18. The second-order valence-corrected chi connectivity index (χ2v) is 5.79. The van der Waals surface area contributed by atoms with E-state index in [2.05, 4.69) is 18.4 Å². The van der Waals surface area contributed by atoms with E-state index in [1.165, 1.54) is 11.1 Å². The fraction of sp³-hybridized carbons (Fsp3) is 0.667. The molecule has 2 atom stereocenters. The van der Waals surface area contributed by atoms with Crippen LogP contribution in [0.1, 0.15) is 26.2 Å². The van der Waals surface area contributed by atoms with E-state index >= 15 is 0 Å². The lowest BCUT2D eigenvalue weighted by molar-refractivity contribution is -0.00170. The van der Waals surface area contributed by atoms with Crippen LogP contribution in [0.2, 0.25) is 0 Å². The lowest BCUT2D eigenvalue weighted by atomic mass is 10.0. The molecule has 0 spiro atoms. The Bertz CT molecular complexity index is 414. The summed E-state index contributed by atoms with van der Waals surface area (Å²) in [6, 6.07) is 0.811. The summed E-state index contributed by atoms with van der Waals surface area (Å²) >= 11 is 0. The molecule has 2 unspecified atom stereocenters. The lowest BCUT2D eigenvalue weighted by Gasteiger charge is -2.39. The lowest BCUT2D eigenvalue weighted by Crippen LogP contribution is -2.55. The van der Waals surface area contributed by atoms with Crippen LogP contribution in [-0.4, -0.2) is 54.2 Å². The van der Waals surface area contributed by atoms with E-state index < -0.39 is 0 Å². The standard InChI is InChI=1S/C15H22N2O2/c1-3-12-6-7-16(8-11(12)2)15(18)17-13-4-5-14(17)10-19-9-13/h3,13-14H,1,4-10H2,2H3. The van der Waals surface area contributed by atoms with Gasteiger partial charge in [-0.05, 0) is 31.8 Å². The van der Waals surface area contributed by atoms with Gasteiger partial charge in [-0.1, -0.05) is 18.2 Å². The van der Waals surface area contributed by atoms with Gasteiger partial charge in [-0.2, -0.15) is 0 Å². The number of morpholine rings is 1. The van der Waals surface area contributed by atoms with Crippen molar-refractivity contribution >= 4 is 6.03 Å². The number of carbonyl (C=O) groups excluding carboxylic acids is 1. The topological polar surface area (TPSA) is 32.8 Å². The quantitative estimate of drug-likeness (QED) is 0.725. The van der Waals surface area contributed by atoms with Crippen molar-refractivity contribution < 1.29 is 9.53 Å². The molecule has 19 heavy (non-hydrogen) atoms. The van der Waals surface area contributed by atoms with Gasteiger partial charge < -0.3 is 14.5 Å². The summed E-state index contributed by atoms with van der Waals surface area (Å²) in [4.78, 5) is 16.8. The molecule has 0 saturated carbocycles.